The fourth-order valence-corrected chi connectivity index (χ4v) is 2.31. The third-order valence-electron chi connectivity index (χ3n) is 3.44. The van der Waals surface area contributed by atoms with Crippen molar-refractivity contribution in [2.45, 2.75) is 65.4 Å². The zero-order valence-corrected chi connectivity index (χ0v) is 13.9. The van der Waals surface area contributed by atoms with Crippen LogP contribution in [0.15, 0.2) is 35.9 Å². The molecule has 2 heteroatoms. The van der Waals surface area contributed by atoms with E-state index in [2.05, 4.69) is 33.8 Å². The number of halogens is 1. The Morgan fingerprint density at radius 1 is 1.10 bits per heavy atom. The van der Waals surface area contributed by atoms with Crippen LogP contribution in [0, 0.1) is 5.82 Å². The summed E-state index contributed by atoms with van der Waals surface area (Å²) in [6.45, 7) is 9.27. The molecule has 0 saturated heterocycles. The summed E-state index contributed by atoms with van der Waals surface area (Å²) in [7, 11) is 0. The molecule has 0 fully saturated rings. The quantitative estimate of drug-likeness (QED) is 0.419. The highest BCUT2D eigenvalue weighted by Gasteiger charge is 2.18. The average Bonchev–Trinajstić information content (AvgIpc) is 2.39. The molecule has 1 aromatic rings. The van der Waals surface area contributed by atoms with Gasteiger partial charge < -0.3 is 4.74 Å². The standard InChI is InChI=1S/C19H29FO/c1-16(2)9-7-5-6-8-14-21-19(3,4)15-17-10-12-18(20)13-11-17/h9-13H,5-8,14-15H2,1-4H3. The van der Waals surface area contributed by atoms with Gasteiger partial charge in [0.25, 0.3) is 0 Å². The minimum Gasteiger partial charge on any atom is -0.375 e. The van der Waals surface area contributed by atoms with Gasteiger partial charge in [-0.25, -0.2) is 4.39 Å². The van der Waals surface area contributed by atoms with E-state index in [1.54, 1.807) is 0 Å². The van der Waals surface area contributed by atoms with Gasteiger partial charge in [-0.3, -0.25) is 0 Å². The minimum atomic E-state index is -0.197. The largest absolute Gasteiger partial charge is 0.375 e. The van der Waals surface area contributed by atoms with E-state index in [1.807, 2.05) is 12.1 Å². The van der Waals surface area contributed by atoms with E-state index in [4.69, 9.17) is 4.74 Å². The lowest BCUT2D eigenvalue weighted by atomic mass is 9.98. The van der Waals surface area contributed by atoms with Crippen molar-refractivity contribution in [3.63, 3.8) is 0 Å². The summed E-state index contributed by atoms with van der Waals surface area (Å²) < 4.78 is 18.9. The molecule has 1 nitrogen and oxygen atoms in total. The van der Waals surface area contributed by atoms with Crippen LogP contribution < -0.4 is 0 Å². The van der Waals surface area contributed by atoms with Crippen molar-refractivity contribution in [3.8, 4) is 0 Å². The first-order valence-electron chi connectivity index (χ1n) is 7.91. The third-order valence-corrected chi connectivity index (χ3v) is 3.44. The Kier molecular flexibility index (Phi) is 7.66. The van der Waals surface area contributed by atoms with Crippen molar-refractivity contribution in [2.24, 2.45) is 0 Å². The SMILES string of the molecule is CC(C)=CCCCCCOC(C)(C)Cc1ccc(F)cc1. The molecular weight excluding hydrogens is 263 g/mol. The van der Waals surface area contributed by atoms with Crippen molar-refractivity contribution in [3.05, 3.63) is 47.3 Å². The van der Waals surface area contributed by atoms with Crippen LogP contribution in [-0.4, -0.2) is 12.2 Å². The summed E-state index contributed by atoms with van der Waals surface area (Å²) in [6, 6.07) is 6.68. The molecule has 0 unspecified atom stereocenters. The predicted octanol–water partition coefficient (Wildman–Crippen LogP) is 5.69. The molecule has 0 N–H and O–H groups in total. The molecule has 0 aliphatic rings. The summed E-state index contributed by atoms with van der Waals surface area (Å²) >= 11 is 0. The number of hydrogen-bond acceptors (Lipinski definition) is 1. The van der Waals surface area contributed by atoms with Crippen LogP contribution in [0.3, 0.4) is 0 Å². The maximum Gasteiger partial charge on any atom is 0.123 e. The highest BCUT2D eigenvalue weighted by molar-refractivity contribution is 5.17. The number of allylic oxidation sites excluding steroid dienone is 2. The fourth-order valence-electron chi connectivity index (χ4n) is 2.31. The Hall–Kier alpha value is -1.15. The second kappa shape index (κ2) is 8.99. The predicted molar refractivity (Wildman–Crippen MR) is 88.0 cm³/mol. The van der Waals surface area contributed by atoms with E-state index in [9.17, 15) is 4.39 Å². The van der Waals surface area contributed by atoms with Gasteiger partial charge in [0.05, 0.1) is 5.60 Å². The third kappa shape index (κ3) is 8.67. The lowest BCUT2D eigenvalue weighted by molar-refractivity contribution is -0.0186. The van der Waals surface area contributed by atoms with E-state index in [0.717, 1.165) is 25.0 Å². The van der Waals surface area contributed by atoms with Crippen LogP contribution in [0.1, 0.15) is 58.9 Å². The van der Waals surface area contributed by atoms with Crippen LogP contribution >= 0.6 is 0 Å². The van der Waals surface area contributed by atoms with Crippen LogP contribution in [0.5, 0.6) is 0 Å². The summed E-state index contributed by atoms with van der Waals surface area (Å²) in [6.07, 6.45) is 7.80. The maximum absolute atomic E-state index is 12.9. The average molecular weight is 292 g/mol. The highest BCUT2D eigenvalue weighted by atomic mass is 19.1. The van der Waals surface area contributed by atoms with E-state index in [1.165, 1.54) is 37.0 Å². The Bertz CT molecular complexity index is 427. The Balaban J connectivity index is 2.20. The van der Waals surface area contributed by atoms with Crippen LogP contribution in [0.2, 0.25) is 0 Å². The molecule has 0 heterocycles. The van der Waals surface area contributed by atoms with Crippen LogP contribution in [-0.2, 0) is 11.2 Å². The molecule has 0 atom stereocenters. The molecule has 0 aliphatic carbocycles. The molecule has 0 saturated carbocycles. The molecule has 0 bridgehead atoms. The fraction of sp³-hybridized carbons (Fsp3) is 0.579. The van der Waals surface area contributed by atoms with E-state index in [0.29, 0.717) is 0 Å². The van der Waals surface area contributed by atoms with Gasteiger partial charge in [0.1, 0.15) is 5.82 Å². The first-order valence-corrected chi connectivity index (χ1v) is 7.91. The summed E-state index contributed by atoms with van der Waals surface area (Å²) in [5.41, 5.74) is 2.31. The molecule has 0 radical (unpaired) electrons. The number of hydrogen-bond donors (Lipinski definition) is 0. The molecule has 0 amide bonds. The molecular formula is C19H29FO. The molecule has 0 spiro atoms. The van der Waals surface area contributed by atoms with Crippen molar-refractivity contribution < 1.29 is 9.13 Å². The molecule has 118 valence electrons. The maximum atomic E-state index is 12.9. The first kappa shape index (κ1) is 17.9. The van der Waals surface area contributed by atoms with Crippen molar-refractivity contribution in [1.29, 1.82) is 0 Å². The lowest BCUT2D eigenvalue weighted by Crippen LogP contribution is -2.27. The zero-order chi connectivity index (χ0) is 15.7. The minimum absolute atomic E-state index is 0.186. The molecule has 0 aliphatic heterocycles. The summed E-state index contributed by atoms with van der Waals surface area (Å²) in [5, 5.41) is 0. The van der Waals surface area contributed by atoms with E-state index < -0.39 is 0 Å². The number of ether oxygens (including phenoxy) is 1. The monoisotopic (exact) mass is 292 g/mol. The van der Waals surface area contributed by atoms with Gasteiger partial charge in [0, 0.05) is 13.0 Å². The molecule has 0 aromatic heterocycles. The van der Waals surface area contributed by atoms with Gasteiger partial charge >= 0.3 is 0 Å². The summed E-state index contributed by atoms with van der Waals surface area (Å²) in [5.74, 6) is -0.186. The normalized spacial score (nSPS) is 11.5. The van der Waals surface area contributed by atoms with Gasteiger partial charge in [0.2, 0.25) is 0 Å². The van der Waals surface area contributed by atoms with E-state index >= 15 is 0 Å². The van der Waals surface area contributed by atoms with Crippen molar-refractivity contribution in [1.82, 2.24) is 0 Å². The first-order chi connectivity index (χ1) is 9.89. The topological polar surface area (TPSA) is 9.23 Å². The van der Waals surface area contributed by atoms with Crippen LogP contribution in [0.25, 0.3) is 0 Å². The van der Waals surface area contributed by atoms with E-state index in [-0.39, 0.29) is 11.4 Å². The zero-order valence-electron chi connectivity index (χ0n) is 13.9. The lowest BCUT2D eigenvalue weighted by Gasteiger charge is -2.25. The number of unbranched alkanes of at least 4 members (excludes halogenated alkanes) is 3. The second-order valence-corrected chi connectivity index (χ2v) is 6.54. The smallest absolute Gasteiger partial charge is 0.123 e. The van der Waals surface area contributed by atoms with Gasteiger partial charge in [0.15, 0.2) is 0 Å². The molecule has 1 rings (SSSR count). The molecule has 21 heavy (non-hydrogen) atoms. The Morgan fingerprint density at radius 3 is 2.38 bits per heavy atom. The Labute approximate surface area is 129 Å². The van der Waals surface area contributed by atoms with Crippen LogP contribution in [0.4, 0.5) is 4.39 Å². The van der Waals surface area contributed by atoms with Crippen molar-refractivity contribution >= 4 is 0 Å². The van der Waals surface area contributed by atoms with Gasteiger partial charge in [-0.1, -0.05) is 30.2 Å². The molecule has 1 aromatic carbocycles. The Morgan fingerprint density at radius 2 is 1.76 bits per heavy atom. The van der Waals surface area contributed by atoms with Gasteiger partial charge in [-0.2, -0.15) is 0 Å². The van der Waals surface area contributed by atoms with Gasteiger partial charge in [-0.15, -0.1) is 0 Å². The summed E-state index contributed by atoms with van der Waals surface area (Å²) in [4.78, 5) is 0. The number of benzene rings is 1. The number of rotatable bonds is 9. The highest BCUT2D eigenvalue weighted by Crippen LogP contribution is 2.18. The second-order valence-electron chi connectivity index (χ2n) is 6.54. The van der Waals surface area contributed by atoms with Crippen molar-refractivity contribution in [2.75, 3.05) is 6.61 Å². The van der Waals surface area contributed by atoms with Gasteiger partial charge in [-0.05, 0) is 64.7 Å².